The Kier molecular flexibility index (Phi) is 6.85. The number of carboxylic acid groups (broad SMARTS) is 1. The highest BCUT2D eigenvalue weighted by molar-refractivity contribution is 8.15. The molecule has 0 aromatic heterocycles. The summed E-state index contributed by atoms with van der Waals surface area (Å²) in [6, 6.07) is 10.1. The van der Waals surface area contributed by atoms with Crippen molar-refractivity contribution in [3.8, 4) is 5.75 Å². The van der Waals surface area contributed by atoms with Crippen LogP contribution in [0.3, 0.4) is 0 Å². The number of carbonyl (C=O) groups excluding carboxylic acids is 1. The summed E-state index contributed by atoms with van der Waals surface area (Å²) >= 11 is 0.962. The normalized spacial score (nSPS) is 17.4. The van der Waals surface area contributed by atoms with E-state index in [2.05, 4.69) is 15.5 Å². The van der Waals surface area contributed by atoms with Crippen molar-refractivity contribution in [3.63, 3.8) is 0 Å². The van der Waals surface area contributed by atoms with E-state index in [1.807, 2.05) is 0 Å². The van der Waals surface area contributed by atoms with Gasteiger partial charge in [-0.1, -0.05) is 11.8 Å². The van der Waals surface area contributed by atoms with Crippen LogP contribution in [0.15, 0.2) is 63.6 Å². The van der Waals surface area contributed by atoms with Crippen molar-refractivity contribution in [1.29, 1.82) is 0 Å². The first kappa shape index (κ1) is 22.9. The Hall–Kier alpha value is -3.78. The van der Waals surface area contributed by atoms with Crippen LogP contribution in [0.5, 0.6) is 5.75 Å². The number of thioether (sulfide) groups is 1. The molecular weight excluding hydrogens is 464 g/mol. The quantitative estimate of drug-likeness (QED) is 0.247. The van der Waals surface area contributed by atoms with Gasteiger partial charge in [0.05, 0.1) is 17.6 Å². The maximum Gasteiger partial charge on any atom is 0.339 e. The number of amides is 1. The summed E-state index contributed by atoms with van der Waals surface area (Å²) in [5.41, 5.74) is 0.301. The Bertz CT molecular complexity index is 1210. The summed E-state index contributed by atoms with van der Waals surface area (Å²) < 4.78 is 29.6. The van der Waals surface area contributed by atoms with Crippen LogP contribution < -0.4 is 9.50 Å². The molecule has 1 fully saturated rings. The van der Waals surface area contributed by atoms with Crippen LogP contribution in [-0.4, -0.2) is 47.0 Å². The molecule has 1 aliphatic rings. The zero-order chi connectivity index (χ0) is 23.3. The number of nitrogens with one attached hydrogen (secondary N) is 1. The van der Waals surface area contributed by atoms with Crippen LogP contribution in [0.4, 0.5) is 5.69 Å². The molecule has 14 heteroatoms. The van der Waals surface area contributed by atoms with Crippen LogP contribution in [-0.2, 0) is 19.7 Å². The van der Waals surface area contributed by atoms with Gasteiger partial charge in [-0.25, -0.2) is 0 Å². The number of amidine groups is 1. The molecule has 3 rings (SSSR count). The van der Waals surface area contributed by atoms with Gasteiger partial charge in [-0.15, -0.1) is 5.10 Å². The molecule has 166 valence electrons. The topological polar surface area (TPSA) is 178 Å². The number of nitro groups is 1. The van der Waals surface area contributed by atoms with Gasteiger partial charge in [-0.2, -0.15) is 13.5 Å². The van der Waals surface area contributed by atoms with Crippen molar-refractivity contribution in [2.75, 3.05) is 0 Å². The lowest BCUT2D eigenvalue weighted by atomic mass is 10.2. The van der Waals surface area contributed by atoms with Gasteiger partial charge in [0.25, 0.3) is 5.69 Å². The van der Waals surface area contributed by atoms with E-state index in [-0.39, 0.29) is 27.9 Å². The first-order valence-electron chi connectivity index (χ1n) is 8.73. The summed E-state index contributed by atoms with van der Waals surface area (Å²) in [5, 5.41) is 28.9. The second-order valence-corrected chi connectivity index (χ2v) is 8.94. The molecule has 1 saturated heterocycles. The summed E-state index contributed by atoms with van der Waals surface area (Å²) in [6.07, 6.45) is 1.02. The van der Waals surface area contributed by atoms with Crippen molar-refractivity contribution in [2.45, 2.75) is 16.6 Å². The maximum atomic E-state index is 12.3. The molecule has 1 amide bonds. The molecule has 0 bridgehead atoms. The van der Waals surface area contributed by atoms with E-state index in [1.165, 1.54) is 30.5 Å². The highest BCUT2D eigenvalue weighted by Crippen LogP contribution is 2.23. The van der Waals surface area contributed by atoms with Crippen LogP contribution in [0.25, 0.3) is 0 Å². The number of hydrogen-bond acceptors (Lipinski definition) is 10. The highest BCUT2D eigenvalue weighted by atomic mass is 32.2. The van der Waals surface area contributed by atoms with Gasteiger partial charge in [-0.05, 0) is 42.0 Å². The van der Waals surface area contributed by atoms with E-state index in [0.29, 0.717) is 5.56 Å². The van der Waals surface area contributed by atoms with Crippen LogP contribution >= 0.6 is 11.8 Å². The van der Waals surface area contributed by atoms with E-state index in [1.54, 1.807) is 0 Å². The Labute approximate surface area is 185 Å². The predicted octanol–water partition coefficient (Wildman–Crippen LogP) is 1.76. The predicted molar refractivity (Wildman–Crippen MR) is 114 cm³/mol. The molecule has 32 heavy (non-hydrogen) atoms. The highest BCUT2D eigenvalue weighted by Gasteiger charge is 2.32. The van der Waals surface area contributed by atoms with Crippen molar-refractivity contribution in [2.24, 2.45) is 10.2 Å². The number of hydrogen-bond donors (Lipinski definition) is 2. The summed E-state index contributed by atoms with van der Waals surface area (Å²) in [7, 11) is -4.18. The van der Waals surface area contributed by atoms with E-state index in [4.69, 9.17) is 9.29 Å². The average molecular weight is 478 g/mol. The van der Waals surface area contributed by atoms with Gasteiger partial charge < -0.3 is 14.6 Å². The number of aliphatic carboxylic acids is 1. The number of nitro benzene ring substituents is 1. The largest absolute Gasteiger partial charge is 0.481 e. The van der Waals surface area contributed by atoms with Crippen LogP contribution in [0.1, 0.15) is 12.0 Å². The number of carbonyl (C=O) groups is 2. The minimum Gasteiger partial charge on any atom is -0.481 e. The fraction of sp³-hybridized carbons (Fsp3) is 0.111. The molecule has 0 spiro atoms. The molecule has 1 heterocycles. The molecule has 1 aliphatic heterocycles. The minimum absolute atomic E-state index is 0.0157. The summed E-state index contributed by atoms with van der Waals surface area (Å²) in [6.45, 7) is 0. The standard InChI is InChI=1S/C18H14N4O8S2/c23-16(24)9-15-17(25)20-18(31-15)21-19-10-11-1-5-13(6-2-11)30-32(28,29)14-7-3-12(4-8-14)22(26)27/h1-8,10,15H,9H2,(H,23,24)(H,20,21,25). The van der Waals surface area contributed by atoms with E-state index in [0.717, 1.165) is 36.0 Å². The van der Waals surface area contributed by atoms with Crippen molar-refractivity contribution < 1.29 is 32.2 Å². The zero-order valence-corrected chi connectivity index (χ0v) is 17.6. The molecule has 0 aliphatic carbocycles. The first-order chi connectivity index (χ1) is 15.1. The molecule has 1 unspecified atom stereocenters. The average Bonchev–Trinajstić information content (AvgIpc) is 3.07. The fourth-order valence-corrected chi connectivity index (χ4v) is 4.26. The van der Waals surface area contributed by atoms with E-state index in [9.17, 15) is 28.1 Å². The number of benzene rings is 2. The van der Waals surface area contributed by atoms with E-state index >= 15 is 0 Å². The van der Waals surface area contributed by atoms with Crippen LogP contribution in [0.2, 0.25) is 0 Å². The molecule has 0 radical (unpaired) electrons. The third-order valence-corrected chi connectivity index (χ3v) is 6.25. The van der Waals surface area contributed by atoms with Gasteiger partial charge >= 0.3 is 16.1 Å². The second-order valence-electron chi connectivity index (χ2n) is 6.20. The lowest BCUT2D eigenvalue weighted by molar-refractivity contribution is -0.384. The molecular formula is C18H14N4O8S2. The Balaban J connectivity index is 1.62. The van der Waals surface area contributed by atoms with Crippen molar-refractivity contribution >= 4 is 50.8 Å². The van der Waals surface area contributed by atoms with Gasteiger partial charge in [0.2, 0.25) is 5.91 Å². The number of nitrogens with zero attached hydrogens (tertiary/aromatic N) is 3. The Morgan fingerprint density at radius 2 is 1.88 bits per heavy atom. The molecule has 2 N–H and O–H groups in total. The monoisotopic (exact) mass is 478 g/mol. The van der Waals surface area contributed by atoms with Gasteiger partial charge in [0.1, 0.15) is 15.9 Å². The smallest absolute Gasteiger partial charge is 0.339 e. The number of non-ortho nitro benzene ring substituents is 1. The molecule has 1 atom stereocenters. The number of carboxylic acids is 1. The fourth-order valence-electron chi connectivity index (χ4n) is 2.41. The zero-order valence-electron chi connectivity index (χ0n) is 15.9. The lowest BCUT2D eigenvalue weighted by Gasteiger charge is -2.07. The van der Waals surface area contributed by atoms with Crippen molar-refractivity contribution in [1.82, 2.24) is 5.32 Å². The van der Waals surface area contributed by atoms with E-state index < -0.39 is 32.2 Å². The molecule has 0 saturated carbocycles. The lowest BCUT2D eigenvalue weighted by Crippen LogP contribution is -2.26. The first-order valence-corrected chi connectivity index (χ1v) is 11.0. The number of rotatable bonds is 8. The minimum atomic E-state index is -4.18. The second kappa shape index (κ2) is 9.57. The Morgan fingerprint density at radius 3 is 2.47 bits per heavy atom. The third kappa shape index (κ3) is 5.89. The summed E-state index contributed by atoms with van der Waals surface area (Å²) in [4.78, 5) is 32.1. The van der Waals surface area contributed by atoms with Crippen molar-refractivity contribution in [3.05, 3.63) is 64.2 Å². The molecule has 2 aromatic rings. The van der Waals surface area contributed by atoms with Gasteiger partial charge in [0.15, 0.2) is 5.17 Å². The maximum absolute atomic E-state index is 12.3. The third-order valence-electron chi connectivity index (χ3n) is 3.91. The SMILES string of the molecule is O=C(O)CC1SC(=NN=Cc2ccc(OS(=O)(=O)c3ccc([N+](=O)[O-])cc3)cc2)NC1=O. The van der Waals surface area contributed by atoms with Crippen LogP contribution in [0, 0.1) is 10.1 Å². The molecule has 12 nitrogen and oxygen atoms in total. The van der Waals surface area contributed by atoms with Gasteiger partial charge in [0, 0.05) is 12.1 Å². The van der Waals surface area contributed by atoms with Gasteiger partial charge in [-0.3, -0.25) is 19.7 Å². The molecule has 2 aromatic carbocycles. The Morgan fingerprint density at radius 1 is 1.22 bits per heavy atom. The summed E-state index contributed by atoms with van der Waals surface area (Å²) in [5.74, 6) is -1.54.